The predicted octanol–water partition coefficient (Wildman–Crippen LogP) is 4.59. The maximum atomic E-state index is 12.7. The number of carbonyl (C=O) groups is 3. The molecule has 2 aromatic carbocycles. The first-order valence-electron chi connectivity index (χ1n) is 11.0. The van der Waals surface area contributed by atoms with Gasteiger partial charge in [-0.3, -0.25) is 9.59 Å². The van der Waals surface area contributed by atoms with Crippen LogP contribution in [0.4, 0.5) is 11.4 Å². The molecule has 3 rings (SSSR count). The number of nitrogens with one attached hydrogen (secondary N) is 1. The smallest absolute Gasteiger partial charge is 0.338 e. The Labute approximate surface area is 183 Å². The summed E-state index contributed by atoms with van der Waals surface area (Å²) in [5.41, 5.74) is 3.07. The Hall–Kier alpha value is -3.15. The maximum absolute atomic E-state index is 12.7. The number of anilines is 2. The Bertz CT molecular complexity index is 906. The van der Waals surface area contributed by atoms with E-state index in [0.29, 0.717) is 24.4 Å². The van der Waals surface area contributed by atoms with E-state index in [9.17, 15) is 14.4 Å². The Balaban J connectivity index is 1.54. The zero-order valence-corrected chi connectivity index (χ0v) is 18.2. The number of unbranched alkanes of at least 4 members (excludes halogenated alkanes) is 2. The van der Waals surface area contributed by atoms with E-state index >= 15 is 0 Å². The summed E-state index contributed by atoms with van der Waals surface area (Å²) in [6.45, 7) is 4.95. The monoisotopic (exact) mass is 422 g/mol. The molecule has 0 aromatic heterocycles. The molecule has 1 heterocycles. The van der Waals surface area contributed by atoms with Crippen LogP contribution in [0.1, 0.15) is 55.5 Å². The highest BCUT2D eigenvalue weighted by atomic mass is 16.5. The second-order valence-corrected chi connectivity index (χ2v) is 7.84. The molecule has 0 spiro atoms. The zero-order valence-electron chi connectivity index (χ0n) is 18.2. The van der Waals surface area contributed by atoms with Gasteiger partial charge in [-0.25, -0.2) is 4.79 Å². The molecule has 1 aliphatic heterocycles. The molecule has 31 heavy (non-hydrogen) atoms. The second-order valence-electron chi connectivity index (χ2n) is 7.84. The van der Waals surface area contributed by atoms with Crippen LogP contribution in [-0.4, -0.2) is 30.9 Å². The highest BCUT2D eigenvalue weighted by Crippen LogP contribution is 2.26. The number of hydrogen-bond donors (Lipinski definition) is 1. The Kier molecular flexibility index (Phi) is 7.82. The molecule has 2 amide bonds. The highest BCUT2D eigenvalue weighted by molar-refractivity contribution is 6.03. The van der Waals surface area contributed by atoms with Crippen molar-refractivity contribution in [2.75, 3.05) is 23.4 Å². The summed E-state index contributed by atoms with van der Waals surface area (Å²) < 4.78 is 5.24. The first-order chi connectivity index (χ1) is 15.0. The molecule has 0 saturated carbocycles. The Morgan fingerprint density at radius 3 is 2.39 bits per heavy atom. The van der Waals surface area contributed by atoms with Gasteiger partial charge in [-0.15, -0.1) is 0 Å². The van der Waals surface area contributed by atoms with Gasteiger partial charge in [0.15, 0.2) is 0 Å². The van der Waals surface area contributed by atoms with Crippen molar-refractivity contribution in [2.45, 2.75) is 46.0 Å². The lowest BCUT2D eigenvalue weighted by atomic mass is 10.1. The van der Waals surface area contributed by atoms with E-state index in [1.807, 2.05) is 24.3 Å². The van der Waals surface area contributed by atoms with Crippen molar-refractivity contribution >= 4 is 29.2 Å². The van der Waals surface area contributed by atoms with Crippen molar-refractivity contribution in [3.8, 4) is 0 Å². The number of rotatable bonds is 9. The average Bonchev–Trinajstić information content (AvgIpc) is 3.19. The van der Waals surface area contributed by atoms with Gasteiger partial charge in [0.2, 0.25) is 11.8 Å². The fourth-order valence-corrected chi connectivity index (χ4v) is 3.58. The van der Waals surface area contributed by atoms with E-state index < -0.39 is 5.92 Å². The van der Waals surface area contributed by atoms with Crippen LogP contribution in [0.3, 0.4) is 0 Å². The molecule has 0 radical (unpaired) electrons. The number of aryl methyl sites for hydroxylation is 1. The number of nitrogens with zero attached hydrogens (tertiary/aromatic N) is 1. The molecular formula is C25H30N2O4. The third-order valence-electron chi connectivity index (χ3n) is 5.52. The number of ether oxygens (including phenoxy) is 1. The molecule has 6 heteroatoms. The van der Waals surface area contributed by atoms with Crippen molar-refractivity contribution in [3.63, 3.8) is 0 Å². The number of hydrogen-bond acceptors (Lipinski definition) is 4. The number of esters is 1. The molecule has 1 saturated heterocycles. The predicted molar refractivity (Wildman–Crippen MR) is 121 cm³/mol. The molecule has 1 N–H and O–H groups in total. The first-order valence-corrected chi connectivity index (χ1v) is 11.0. The third kappa shape index (κ3) is 5.94. The van der Waals surface area contributed by atoms with Crippen molar-refractivity contribution < 1.29 is 19.1 Å². The molecule has 1 atom stereocenters. The lowest BCUT2D eigenvalue weighted by molar-refractivity contribution is -0.122. The SMILES string of the molecule is CCCCCOC(=O)c1ccc(NC(=O)[C@@H]2CC(=O)N(c3ccc(CC)cc3)C2)cc1. The van der Waals surface area contributed by atoms with Crippen LogP contribution in [-0.2, 0) is 20.7 Å². The van der Waals surface area contributed by atoms with E-state index in [4.69, 9.17) is 4.74 Å². The summed E-state index contributed by atoms with van der Waals surface area (Å²) in [7, 11) is 0. The molecule has 0 aliphatic carbocycles. The topological polar surface area (TPSA) is 75.7 Å². The number of benzene rings is 2. The van der Waals surface area contributed by atoms with Gasteiger partial charge in [0.05, 0.1) is 18.1 Å². The lowest BCUT2D eigenvalue weighted by Gasteiger charge is -2.17. The van der Waals surface area contributed by atoms with Crippen LogP contribution in [0.5, 0.6) is 0 Å². The van der Waals surface area contributed by atoms with E-state index in [0.717, 1.165) is 31.4 Å². The van der Waals surface area contributed by atoms with E-state index in [-0.39, 0.29) is 24.2 Å². The van der Waals surface area contributed by atoms with Gasteiger partial charge >= 0.3 is 5.97 Å². The molecular weight excluding hydrogens is 392 g/mol. The van der Waals surface area contributed by atoms with Crippen LogP contribution in [0.25, 0.3) is 0 Å². The van der Waals surface area contributed by atoms with Crippen LogP contribution < -0.4 is 10.2 Å². The summed E-state index contributed by atoms with van der Waals surface area (Å²) in [4.78, 5) is 38.8. The van der Waals surface area contributed by atoms with Gasteiger partial charge in [0.25, 0.3) is 0 Å². The zero-order chi connectivity index (χ0) is 22.2. The summed E-state index contributed by atoms with van der Waals surface area (Å²) in [6.07, 6.45) is 4.08. The van der Waals surface area contributed by atoms with E-state index in [1.165, 1.54) is 5.56 Å². The second kappa shape index (κ2) is 10.8. The first kappa shape index (κ1) is 22.5. The van der Waals surface area contributed by atoms with Gasteiger partial charge in [-0.1, -0.05) is 38.8 Å². The third-order valence-corrected chi connectivity index (χ3v) is 5.52. The highest BCUT2D eigenvalue weighted by Gasteiger charge is 2.35. The van der Waals surface area contributed by atoms with Crippen LogP contribution in [0.2, 0.25) is 0 Å². The largest absolute Gasteiger partial charge is 0.462 e. The molecule has 0 bridgehead atoms. The fraction of sp³-hybridized carbons (Fsp3) is 0.400. The summed E-state index contributed by atoms with van der Waals surface area (Å²) in [6, 6.07) is 14.5. The van der Waals surface area contributed by atoms with Crippen molar-refractivity contribution in [3.05, 3.63) is 59.7 Å². The molecule has 2 aromatic rings. The average molecular weight is 423 g/mol. The Morgan fingerprint density at radius 1 is 1.03 bits per heavy atom. The van der Waals surface area contributed by atoms with E-state index in [1.54, 1.807) is 29.2 Å². The fourth-order valence-electron chi connectivity index (χ4n) is 3.58. The lowest BCUT2D eigenvalue weighted by Crippen LogP contribution is -2.28. The summed E-state index contributed by atoms with van der Waals surface area (Å²) >= 11 is 0. The minimum absolute atomic E-state index is 0.0504. The van der Waals surface area contributed by atoms with Gasteiger partial charge in [-0.05, 0) is 54.8 Å². The van der Waals surface area contributed by atoms with Crippen LogP contribution in [0, 0.1) is 5.92 Å². The van der Waals surface area contributed by atoms with Crippen molar-refractivity contribution in [1.29, 1.82) is 0 Å². The summed E-state index contributed by atoms with van der Waals surface area (Å²) in [5, 5.41) is 2.85. The molecule has 164 valence electrons. The molecule has 1 aliphatic rings. The Morgan fingerprint density at radius 2 is 1.74 bits per heavy atom. The van der Waals surface area contributed by atoms with Gasteiger partial charge < -0.3 is 15.0 Å². The van der Waals surface area contributed by atoms with Gasteiger partial charge in [0, 0.05) is 24.3 Å². The van der Waals surface area contributed by atoms with Crippen molar-refractivity contribution in [2.24, 2.45) is 5.92 Å². The van der Waals surface area contributed by atoms with Gasteiger partial charge in [0.1, 0.15) is 0 Å². The molecule has 1 fully saturated rings. The van der Waals surface area contributed by atoms with Crippen LogP contribution >= 0.6 is 0 Å². The molecule has 0 unspecified atom stereocenters. The number of carbonyl (C=O) groups excluding carboxylic acids is 3. The summed E-state index contributed by atoms with van der Waals surface area (Å²) in [5.74, 6) is -1.02. The van der Waals surface area contributed by atoms with Crippen LogP contribution in [0.15, 0.2) is 48.5 Å². The maximum Gasteiger partial charge on any atom is 0.338 e. The quantitative estimate of drug-likeness (QED) is 0.474. The van der Waals surface area contributed by atoms with Gasteiger partial charge in [-0.2, -0.15) is 0 Å². The van der Waals surface area contributed by atoms with Crippen molar-refractivity contribution in [1.82, 2.24) is 0 Å². The minimum atomic E-state index is -0.415. The van der Waals surface area contributed by atoms with E-state index in [2.05, 4.69) is 19.2 Å². The minimum Gasteiger partial charge on any atom is -0.462 e. The normalized spacial score (nSPS) is 15.7. The molecule has 6 nitrogen and oxygen atoms in total. The standard InChI is InChI=1S/C25H30N2O4/c1-3-5-6-15-31-25(30)19-9-11-21(12-10-19)26-24(29)20-16-23(28)27(17-20)22-13-7-18(4-2)8-14-22/h7-14,20H,3-6,15-17H2,1-2H3,(H,26,29)/t20-/m1/s1. The number of amides is 2.